The first kappa shape index (κ1) is 10.8. The molecule has 0 saturated heterocycles. The Morgan fingerprint density at radius 3 is 2.76 bits per heavy atom. The van der Waals surface area contributed by atoms with Gasteiger partial charge in [0.15, 0.2) is 5.78 Å². The molecule has 1 heterocycles. The lowest BCUT2D eigenvalue weighted by atomic mass is 10.0. The highest BCUT2D eigenvalue weighted by atomic mass is 16.1. The predicted molar refractivity (Wildman–Crippen MR) is 69.8 cm³/mol. The Labute approximate surface area is 103 Å². The summed E-state index contributed by atoms with van der Waals surface area (Å²) in [5, 5.41) is 0. The number of anilines is 1. The van der Waals surface area contributed by atoms with Crippen LogP contribution >= 0.6 is 0 Å². The number of carbonyl (C=O) groups excluding carboxylic acids is 1. The minimum Gasteiger partial charge on any atom is -0.367 e. The quantitative estimate of drug-likeness (QED) is 0.726. The van der Waals surface area contributed by atoms with E-state index in [1.54, 1.807) is 6.92 Å². The molecule has 1 aliphatic heterocycles. The molecular weight excluding hydrogens is 210 g/mol. The van der Waals surface area contributed by atoms with Crippen LogP contribution in [0.25, 0.3) is 0 Å². The van der Waals surface area contributed by atoms with Crippen LogP contribution in [0.1, 0.15) is 48.5 Å². The number of ketones is 1. The van der Waals surface area contributed by atoms with Gasteiger partial charge in [-0.2, -0.15) is 0 Å². The first-order chi connectivity index (χ1) is 8.27. The van der Waals surface area contributed by atoms with Crippen molar-refractivity contribution >= 4 is 11.5 Å². The summed E-state index contributed by atoms with van der Waals surface area (Å²) in [4.78, 5) is 14.2. The molecule has 0 aromatic heterocycles. The molecule has 0 N–H and O–H groups in total. The number of fused-ring (bicyclic) bond motifs is 1. The summed E-state index contributed by atoms with van der Waals surface area (Å²) in [6.07, 6.45) is 6.39. The fourth-order valence-electron chi connectivity index (χ4n) is 3.35. The van der Waals surface area contributed by atoms with Gasteiger partial charge in [-0.3, -0.25) is 4.79 Å². The minimum atomic E-state index is 0.201. The second-order valence-corrected chi connectivity index (χ2v) is 5.25. The first-order valence-corrected chi connectivity index (χ1v) is 6.67. The van der Waals surface area contributed by atoms with Gasteiger partial charge < -0.3 is 4.90 Å². The van der Waals surface area contributed by atoms with Gasteiger partial charge in [0.05, 0.1) is 5.69 Å². The van der Waals surface area contributed by atoms with Crippen molar-refractivity contribution in [2.75, 3.05) is 11.4 Å². The fraction of sp³-hybridized carbons (Fsp3) is 0.533. The maximum atomic E-state index is 11.7. The molecule has 3 rings (SSSR count). The van der Waals surface area contributed by atoms with Crippen LogP contribution in [0, 0.1) is 0 Å². The third-order valence-electron chi connectivity index (χ3n) is 4.17. The molecule has 2 heteroatoms. The van der Waals surface area contributed by atoms with E-state index < -0.39 is 0 Å². The Hall–Kier alpha value is -1.31. The smallest absolute Gasteiger partial charge is 0.161 e. The molecule has 0 radical (unpaired) electrons. The molecule has 0 spiro atoms. The maximum Gasteiger partial charge on any atom is 0.161 e. The lowest BCUT2D eigenvalue weighted by Gasteiger charge is -2.28. The van der Waals surface area contributed by atoms with Crippen molar-refractivity contribution in [3.63, 3.8) is 0 Å². The second-order valence-electron chi connectivity index (χ2n) is 5.25. The van der Waals surface area contributed by atoms with Crippen LogP contribution in [-0.2, 0) is 6.42 Å². The lowest BCUT2D eigenvalue weighted by molar-refractivity contribution is 0.101. The highest BCUT2D eigenvalue weighted by Crippen LogP contribution is 2.37. The molecule has 17 heavy (non-hydrogen) atoms. The van der Waals surface area contributed by atoms with Crippen molar-refractivity contribution in [2.45, 2.75) is 45.1 Å². The molecule has 2 nitrogen and oxygen atoms in total. The summed E-state index contributed by atoms with van der Waals surface area (Å²) >= 11 is 0. The largest absolute Gasteiger partial charge is 0.367 e. The zero-order chi connectivity index (χ0) is 11.8. The van der Waals surface area contributed by atoms with Gasteiger partial charge in [0.25, 0.3) is 0 Å². The standard InChI is InChI=1S/C15H19NO/c1-11(17)14-8-4-5-12-9-10-16(15(12)14)13-6-2-3-7-13/h4-5,8,13H,2-3,6-7,9-10H2,1H3. The third-order valence-corrected chi connectivity index (χ3v) is 4.17. The van der Waals surface area contributed by atoms with Crippen LogP contribution in [0.15, 0.2) is 18.2 Å². The van der Waals surface area contributed by atoms with Gasteiger partial charge in [0, 0.05) is 18.2 Å². The molecule has 90 valence electrons. The summed E-state index contributed by atoms with van der Waals surface area (Å²) in [6.45, 7) is 2.78. The van der Waals surface area contributed by atoms with Crippen molar-refractivity contribution in [1.82, 2.24) is 0 Å². The number of hydrogen-bond acceptors (Lipinski definition) is 2. The Kier molecular flexibility index (Phi) is 2.65. The van der Waals surface area contributed by atoms with Crippen LogP contribution < -0.4 is 4.90 Å². The van der Waals surface area contributed by atoms with Crippen LogP contribution in [0.4, 0.5) is 5.69 Å². The monoisotopic (exact) mass is 229 g/mol. The van der Waals surface area contributed by atoms with E-state index in [1.165, 1.54) is 36.9 Å². The van der Waals surface area contributed by atoms with E-state index in [2.05, 4.69) is 11.0 Å². The maximum absolute atomic E-state index is 11.7. The van der Waals surface area contributed by atoms with Crippen molar-refractivity contribution in [3.8, 4) is 0 Å². The fourth-order valence-corrected chi connectivity index (χ4v) is 3.35. The van der Waals surface area contributed by atoms with Crippen LogP contribution in [0.2, 0.25) is 0 Å². The van der Waals surface area contributed by atoms with Gasteiger partial charge in [0.1, 0.15) is 0 Å². The predicted octanol–water partition coefficient (Wildman–Crippen LogP) is 3.19. The van der Waals surface area contributed by atoms with Crippen molar-refractivity contribution < 1.29 is 4.79 Å². The van der Waals surface area contributed by atoms with E-state index >= 15 is 0 Å². The molecule has 0 bridgehead atoms. The molecule has 0 unspecified atom stereocenters. The third kappa shape index (κ3) is 1.76. The molecule has 0 amide bonds. The number of para-hydroxylation sites is 1. The van der Waals surface area contributed by atoms with Gasteiger partial charge in [-0.25, -0.2) is 0 Å². The zero-order valence-corrected chi connectivity index (χ0v) is 10.4. The molecule has 1 aliphatic carbocycles. The lowest BCUT2D eigenvalue weighted by Crippen LogP contribution is -2.32. The Morgan fingerprint density at radius 2 is 2.06 bits per heavy atom. The topological polar surface area (TPSA) is 20.3 Å². The summed E-state index contributed by atoms with van der Waals surface area (Å²) in [5.74, 6) is 0.201. The van der Waals surface area contributed by atoms with Crippen LogP contribution in [0.3, 0.4) is 0 Å². The first-order valence-electron chi connectivity index (χ1n) is 6.67. The van der Waals surface area contributed by atoms with Gasteiger partial charge in [-0.1, -0.05) is 25.0 Å². The van der Waals surface area contributed by atoms with E-state index in [1.807, 2.05) is 12.1 Å². The Morgan fingerprint density at radius 1 is 1.29 bits per heavy atom. The summed E-state index contributed by atoms with van der Waals surface area (Å²) in [5.41, 5.74) is 3.53. The van der Waals surface area contributed by atoms with Gasteiger partial charge in [0.2, 0.25) is 0 Å². The SMILES string of the molecule is CC(=O)c1cccc2c1N(C1CCCC1)CC2. The second kappa shape index (κ2) is 4.17. The zero-order valence-electron chi connectivity index (χ0n) is 10.4. The Balaban J connectivity index is 2.01. The van der Waals surface area contributed by atoms with Gasteiger partial charge >= 0.3 is 0 Å². The highest BCUT2D eigenvalue weighted by molar-refractivity contribution is 6.01. The van der Waals surface area contributed by atoms with Gasteiger partial charge in [-0.15, -0.1) is 0 Å². The van der Waals surface area contributed by atoms with E-state index in [4.69, 9.17) is 0 Å². The van der Waals surface area contributed by atoms with Gasteiger partial charge in [-0.05, 0) is 37.8 Å². The average molecular weight is 229 g/mol. The number of carbonyl (C=O) groups is 1. The number of rotatable bonds is 2. The summed E-state index contributed by atoms with van der Waals surface area (Å²) in [6, 6.07) is 6.86. The normalized spacial score (nSPS) is 19.7. The van der Waals surface area contributed by atoms with Crippen molar-refractivity contribution in [2.24, 2.45) is 0 Å². The highest BCUT2D eigenvalue weighted by Gasteiger charge is 2.30. The number of hydrogen-bond donors (Lipinski definition) is 0. The van der Waals surface area contributed by atoms with Crippen LogP contribution in [0.5, 0.6) is 0 Å². The molecule has 1 saturated carbocycles. The number of benzene rings is 1. The number of nitrogens with zero attached hydrogens (tertiary/aromatic N) is 1. The average Bonchev–Trinajstić information content (AvgIpc) is 2.96. The van der Waals surface area contributed by atoms with E-state index in [-0.39, 0.29) is 5.78 Å². The van der Waals surface area contributed by atoms with E-state index in [9.17, 15) is 4.79 Å². The van der Waals surface area contributed by atoms with Crippen LogP contribution in [-0.4, -0.2) is 18.4 Å². The molecule has 0 atom stereocenters. The number of Topliss-reactive ketones (excluding diaryl/α,β-unsaturated/α-hetero) is 1. The van der Waals surface area contributed by atoms with E-state index in [0.29, 0.717) is 6.04 Å². The minimum absolute atomic E-state index is 0.201. The molecule has 1 aromatic carbocycles. The molecular formula is C15H19NO. The summed E-state index contributed by atoms with van der Waals surface area (Å²) < 4.78 is 0. The van der Waals surface area contributed by atoms with Crippen molar-refractivity contribution in [1.29, 1.82) is 0 Å². The van der Waals surface area contributed by atoms with Crippen molar-refractivity contribution in [3.05, 3.63) is 29.3 Å². The summed E-state index contributed by atoms with van der Waals surface area (Å²) in [7, 11) is 0. The van der Waals surface area contributed by atoms with E-state index in [0.717, 1.165) is 18.5 Å². The molecule has 1 fully saturated rings. The molecule has 2 aliphatic rings. The Bertz CT molecular complexity index is 446. The molecule has 1 aromatic rings.